The summed E-state index contributed by atoms with van der Waals surface area (Å²) in [4.78, 5) is 29.4. The van der Waals surface area contributed by atoms with Crippen LogP contribution in [0.1, 0.15) is 51.4 Å². The lowest BCUT2D eigenvalue weighted by Crippen LogP contribution is -2.58. The van der Waals surface area contributed by atoms with Gasteiger partial charge in [-0.3, -0.25) is 9.59 Å². The van der Waals surface area contributed by atoms with E-state index in [1.165, 1.54) is 19.3 Å². The zero-order chi connectivity index (χ0) is 16.7. The number of alkyl halides is 1. The van der Waals surface area contributed by atoms with E-state index < -0.39 is 0 Å². The summed E-state index contributed by atoms with van der Waals surface area (Å²) in [6, 6.07) is 0. The molecule has 5 fully saturated rings. The highest BCUT2D eigenvalue weighted by molar-refractivity contribution is 6.17. The molecule has 5 rings (SSSR count). The molecule has 0 spiro atoms. The second-order valence-corrected chi connectivity index (χ2v) is 9.04. The fourth-order valence-electron chi connectivity index (χ4n) is 6.24. The molecule has 0 atom stereocenters. The van der Waals surface area contributed by atoms with Crippen LogP contribution in [0, 0.1) is 23.2 Å². The summed E-state index contributed by atoms with van der Waals surface area (Å²) < 4.78 is 0. The Kier molecular flexibility index (Phi) is 4.53. The van der Waals surface area contributed by atoms with Gasteiger partial charge < -0.3 is 9.80 Å². The predicted octanol–water partition coefficient (Wildman–Crippen LogP) is 2.89. The molecular formula is C19H29ClN2O2. The van der Waals surface area contributed by atoms with Crippen LogP contribution in [0.5, 0.6) is 0 Å². The van der Waals surface area contributed by atoms with Gasteiger partial charge in [0.1, 0.15) is 0 Å². The Labute approximate surface area is 149 Å². The molecule has 0 radical (unpaired) electrons. The molecule has 0 aromatic rings. The Hall–Kier alpha value is -0.770. The number of piperazine rings is 1. The summed E-state index contributed by atoms with van der Waals surface area (Å²) in [5, 5.41) is 0. The fourth-order valence-corrected chi connectivity index (χ4v) is 6.38. The third-order valence-electron chi connectivity index (χ3n) is 6.94. The van der Waals surface area contributed by atoms with Crippen LogP contribution in [0.4, 0.5) is 0 Å². The normalized spacial score (nSPS) is 37.8. The van der Waals surface area contributed by atoms with Crippen LogP contribution in [0.3, 0.4) is 0 Å². The van der Waals surface area contributed by atoms with Gasteiger partial charge in [0.05, 0.1) is 5.41 Å². The summed E-state index contributed by atoms with van der Waals surface area (Å²) >= 11 is 5.68. The van der Waals surface area contributed by atoms with Crippen molar-refractivity contribution < 1.29 is 9.59 Å². The third-order valence-corrected chi connectivity index (χ3v) is 7.20. The Morgan fingerprint density at radius 3 is 1.88 bits per heavy atom. The monoisotopic (exact) mass is 352 g/mol. The zero-order valence-corrected chi connectivity index (χ0v) is 15.3. The summed E-state index contributed by atoms with van der Waals surface area (Å²) in [6.07, 6.45) is 8.78. The highest BCUT2D eigenvalue weighted by Crippen LogP contribution is 2.60. The van der Waals surface area contributed by atoms with Crippen LogP contribution >= 0.6 is 11.6 Å². The molecule has 5 heteroatoms. The van der Waals surface area contributed by atoms with Crippen molar-refractivity contribution >= 4 is 23.4 Å². The second-order valence-electron chi connectivity index (χ2n) is 8.66. The van der Waals surface area contributed by atoms with E-state index in [-0.39, 0.29) is 11.3 Å². The van der Waals surface area contributed by atoms with Crippen LogP contribution in [-0.2, 0) is 9.59 Å². The SMILES string of the molecule is O=C(CCCCl)N1CCN(C(=O)C23CC4CC(CC(C4)C2)C3)CC1. The number of hydrogen-bond donors (Lipinski definition) is 0. The van der Waals surface area contributed by atoms with E-state index >= 15 is 0 Å². The maximum atomic E-state index is 13.3. The lowest BCUT2D eigenvalue weighted by Gasteiger charge is -2.57. The largest absolute Gasteiger partial charge is 0.339 e. The topological polar surface area (TPSA) is 40.6 Å². The van der Waals surface area contributed by atoms with Crippen LogP contribution in [0.25, 0.3) is 0 Å². The maximum absolute atomic E-state index is 13.3. The van der Waals surface area contributed by atoms with Crippen molar-refractivity contribution in [1.29, 1.82) is 0 Å². The van der Waals surface area contributed by atoms with Crippen LogP contribution in [0.2, 0.25) is 0 Å². The highest BCUT2D eigenvalue weighted by atomic mass is 35.5. The molecule has 4 aliphatic carbocycles. The van der Waals surface area contributed by atoms with Gasteiger partial charge in [-0.25, -0.2) is 0 Å². The van der Waals surface area contributed by atoms with E-state index in [1.54, 1.807) is 0 Å². The summed E-state index contributed by atoms with van der Waals surface area (Å²) in [5.74, 6) is 3.55. The lowest BCUT2D eigenvalue weighted by atomic mass is 9.49. The van der Waals surface area contributed by atoms with E-state index in [4.69, 9.17) is 11.6 Å². The van der Waals surface area contributed by atoms with E-state index in [2.05, 4.69) is 4.90 Å². The van der Waals surface area contributed by atoms with Gasteiger partial charge in [-0.05, 0) is 62.7 Å². The lowest BCUT2D eigenvalue weighted by molar-refractivity contribution is -0.160. The molecule has 1 aliphatic heterocycles. The Balaban J connectivity index is 1.36. The van der Waals surface area contributed by atoms with Crippen molar-refractivity contribution in [2.24, 2.45) is 23.2 Å². The molecule has 134 valence electrons. The molecular weight excluding hydrogens is 324 g/mol. The van der Waals surface area contributed by atoms with Gasteiger partial charge in [-0.1, -0.05) is 0 Å². The molecule has 1 heterocycles. The average Bonchev–Trinajstić information content (AvgIpc) is 2.58. The minimum Gasteiger partial charge on any atom is -0.339 e. The molecule has 4 saturated carbocycles. The van der Waals surface area contributed by atoms with Gasteiger partial charge in [0.25, 0.3) is 0 Å². The molecule has 2 amide bonds. The minimum absolute atomic E-state index is 0.0421. The molecule has 24 heavy (non-hydrogen) atoms. The van der Waals surface area contributed by atoms with Crippen molar-refractivity contribution in [1.82, 2.24) is 9.80 Å². The van der Waals surface area contributed by atoms with Gasteiger partial charge in [0.15, 0.2) is 0 Å². The van der Waals surface area contributed by atoms with Gasteiger partial charge in [-0.15, -0.1) is 11.6 Å². The number of carbonyl (C=O) groups is 2. The van der Waals surface area contributed by atoms with Crippen molar-refractivity contribution in [2.75, 3.05) is 32.1 Å². The first-order valence-electron chi connectivity index (χ1n) is 9.73. The molecule has 1 saturated heterocycles. The Bertz CT molecular complexity index is 478. The molecule has 0 unspecified atom stereocenters. The first-order valence-corrected chi connectivity index (χ1v) is 10.3. The van der Waals surface area contributed by atoms with E-state index in [0.717, 1.165) is 43.4 Å². The highest BCUT2D eigenvalue weighted by Gasteiger charge is 2.55. The number of hydrogen-bond acceptors (Lipinski definition) is 2. The summed E-state index contributed by atoms with van der Waals surface area (Å²) in [7, 11) is 0. The van der Waals surface area contributed by atoms with Crippen molar-refractivity contribution in [3.63, 3.8) is 0 Å². The van der Waals surface area contributed by atoms with Crippen molar-refractivity contribution in [3.05, 3.63) is 0 Å². The van der Waals surface area contributed by atoms with E-state index in [9.17, 15) is 9.59 Å². The number of rotatable bonds is 4. The summed E-state index contributed by atoms with van der Waals surface area (Å²) in [6.45, 7) is 2.82. The molecule has 0 aromatic carbocycles. The standard InChI is InChI=1S/C19H29ClN2O2/c20-3-1-2-17(23)21-4-6-22(7-5-21)18(24)19-11-14-8-15(12-19)10-16(9-14)13-19/h14-16H,1-13H2. The number of halogens is 1. The maximum Gasteiger partial charge on any atom is 0.228 e. The predicted molar refractivity (Wildman–Crippen MR) is 93.7 cm³/mol. The Morgan fingerprint density at radius 1 is 0.875 bits per heavy atom. The molecule has 0 aromatic heterocycles. The first-order chi connectivity index (χ1) is 11.6. The van der Waals surface area contributed by atoms with Crippen LogP contribution < -0.4 is 0 Å². The average molecular weight is 353 g/mol. The van der Waals surface area contributed by atoms with Gasteiger partial charge in [-0.2, -0.15) is 0 Å². The minimum atomic E-state index is -0.0421. The van der Waals surface area contributed by atoms with Gasteiger partial charge >= 0.3 is 0 Å². The van der Waals surface area contributed by atoms with E-state index in [0.29, 0.717) is 44.4 Å². The van der Waals surface area contributed by atoms with Gasteiger partial charge in [0, 0.05) is 38.5 Å². The fraction of sp³-hybridized carbons (Fsp3) is 0.895. The second kappa shape index (κ2) is 6.51. The number of amides is 2. The van der Waals surface area contributed by atoms with E-state index in [1.807, 2.05) is 4.90 Å². The van der Waals surface area contributed by atoms with Crippen LogP contribution in [-0.4, -0.2) is 53.7 Å². The number of nitrogens with zero attached hydrogens (tertiary/aromatic N) is 2. The van der Waals surface area contributed by atoms with Crippen LogP contribution in [0.15, 0.2) is 0 Å². The van der Waals surface area contributed by atoms with Gasteiger partial charge in [0.2, 0.25) is 11.8 Å². The zero-order valence-electron chi connectivity index (χ0n) is 14.5. The molecule has 0 N–H and O–H groups in total. The summed E-state index contributed by atoms with van der Waals surface area (Å²) in [5.41, 5.74) is -0.0421. The quantitative estimate of drug-likeness (QED) is 0.730. The Morgan fingerprint density at radius 2 is 1.38 bits per heavy atom. The number of carbonyl (C=O) groups excluding carboxylic acids is 2. The first kappa shape index (κ1) is 16.7. The van der Waals surface area contributed by atoms with Crippen molar-refractivity contribution in [2.45, 2.75) is 51.4 Å². The molecule has 4 bridgehead atoms. The molecule has 5 aliphatic rings. The smallest absolute Gasteiger partial charge is 0.228 e. The third kappa shape index (κ3) is 2.95. The molecule has 4 nitrogen and oxygen atoms in total. The van der Waals surface area contributed by atoms with Crippen molar-refractivity contribution in [3.8, 4) is 0 Å².